The van der Waals surface area contributed by atoms with Crippen LogP contribution in [0, 0.1) is 3.57 Å². The number of benzene rings is 3. The van der Waals surface area contributed by atoms with Gasteiger partial charge in [0, 0.05) is 10.6 Å². The van der Waals surface area contributed by atoms with Gasteiger partial charge in [0.1, 0.15) is 12.4 Å². The van der Waals surface area contributed by atoms with E-state index in [9.17, 15) is 18.0 Å². The van der Waals surface area contributed by atoms with E-state index in [4.69, 9.17) is 16.3 Å². The van der Waals surface area contributed by atoms with E-state index in [0.717, 1.165) is 21.3 Å². The summed E-state index contributed by atoms with van der Waals surface area (Å²) in [6.07, 6.45) is -3.12. The van der Waals surface area contributed by atoms with Crippen LogP contribution in [-0.4, -0.2) is 12.1 Å². The number of amides is 1. The number of nitrogens with zero attached hydrogens (tertiary/aromatic N) is 1. The van der Waals surface area contributed by atoms with Crippen LogP contribution in [0.25, 0.3) is 0 Å². The summed E-state index contributed by atoms with van der Waals surface area (Å²) >= 11 is 7.98. The molecule has 3 aromatic rings. The second-order valence-corrected chi connectivity index (χ2v) is 7.98. The van der Waals surface area contributed by atoms with Gasteiger partial charge in [-0.3, -0.25) is 4.79 Å². The first-order valence-electron chi connectivity index (χ1n) is 8.90. The standard InChI is InChI=1S/C22H15ClF3IN2O2/c23-18-7-4-14(5-8-18)13-31-20-9-6-15(10-19(20)27)12-28-29-21(30)16-2-1-3-17(11-16)22(24,25)26/h1-12H,13H2,(H,29,30)/b28-12-. The molecule has 4 nitrogen and oxygen atoms in total. The van der Waals surface area contributed by atoms with Gasteiger partial charge in [-0.1, -0.05) is 29.8 Å². The molecule has 0 aliphatic heterocycles. The molecule has 160 valence electrons. The molecule has 0 saturated carbocycles. The first-order chi connectivity index (χ1) is 14.7. The maximum atomic E-state index is 12.8. The Kier molecular flexibility index (Phi) is 7.55. The molecule has 0 bridgehead atoms. The van der Waals surface area contributed by atoms with Crippen molar-refractivity contribution in [1.82, 2.24) is 5.43 Å². The van der Waals surface area contributed by atoms with Crippen molar-refractivity contribution in [3.8, 4) is 5.75 Å². The molecule has 1 amide bonds. The molecular formula is C22H15ClF3IN2O2. The summed E-state index contributed by atoms with van der Waals surface area (Å²) in [7, 11) is 0. The third kappa shape index (κ3) is 6.70. The minimum absolute atomic E-state index is 0.132. The molecule has 1 N–H and O–H groups in total. The van der Waals surface area contributed by atoms with E-state index in [1.54, 1.807) is 30.3 Å². The minimum Gasteiger partial charge on any atom is -0.488 e. The molecular weight excluding hydrogens is 544 g/mol. The predicted octanol–water partition coefficient (Wildman–Crippen LogP) is 6.31. The zero-order valence-corrected chi connectivity index (χ0v) is 18.7. The van der Waals surface area contributed by atoms with Gasteiger partial charge in [0.2, 0.25) is 0 Å². The lowest BCUT2D eigenvalue weighted by atomic mass is 10.1. The third-order valence-corrected chi connectivity index (χ3v) is 5.19. The molecule has 0 radical (unpaired) electrons. The first kappa shape index (κ1) is 23.1. The SMILES string of the molecule is O=C(N/N=C\c1ccc(OCc2ccc(Cl)cc2)c(I)c1)c1cccc(C(F)(F)F)c1. The maximum absolute atomic E-state index is 12.8. The summed E-state index contributed by atoms with van der Waals surface area (Å²) in [5.41, 5.74) is 2.87. The number of hydrogen-bond acceptors (Lipinski definition) is 3. The summed E-state index contributed by atoms with van der Waals surface area (Å²) < 4.78 is 44.9. The van der Waals surface area contributed by atoms with Crippen molar-refractivity contribution in [3.63, 3.8) is 0 Å². The molecule has 0 aliphatic carbocycles. The number of carbonyl (C=O) groups excluding carboxylic acids is 1. The van der Waals surface area contributed by atoms with Crippen LogP contribution in [-0.2, 0) is 12.8 Å². The second kappa shape index (κ2) is 10.1. The number of ether oxygens (including phenoxy) is 1. The van der Waals surface area contributed by atoms with Crippen molar-refractivity contribution in [3.05, 3.63) is 97.6 Å². The lowest BCUT2D eigenvalue weighted by Crippen LogP contribution is -2.18. The monoisotopic (exact) mass is 558 g/mol. The Bertz CT molecular complexity index is 1100. The van der Waals surface area contributed by atoms with E-state index >= 15 is 0 Å². The van der Waals surface area contributed by atoms with Gasteiger partial charge in [-0.05, 0) is 82.2 Å². The predicted molar refractivity (Wildman–Crippen MR) is 121 cm³/mol. The van der Waals surface area contributed by atoms with Gasteiger partial charge in [-0.2, -0.15) is 18.3 Å². The lowest BCUT2D eigenvalue weighted by molar-refractivity contribution is -0.137. The highest BCUT2D eigenvalue weighted by Gasteiger charge is 2.30. The number of hydrogen-bond donors (Lipinski definition) is 1. The molecule has 0 unspecified atom stereocenters. The summed E-state index contributed by atoms with van der Waals surface area (Å²) in [5, 5.41) is 4.47. The molecule has 0 aromatic heterocycles. The third-order valence-electron chi connectivity index (χ3n) is 4.10. The summed E-state index contributed by atoms with van der Waals surface area (Å²) in [6, 6.07) is 16.8. The quantitative estimate of drug-likeness (QED) is 0.219. The second-order valence-electron chi connectivity index (χ2n) is 6.38. The normalized spacial score (nSPS) is 11.5. The Morgan fingerprint density at radius 2 is 1.84 bits per heavy atom. The first-order valence-corrected chi connectivity index (χ1v) is 10.4. The van der Waals surface area contributed by atoms with E-state index in [1.807, 2.05) is 12.1 Å². The van der Waals surface area contributed by atoms with Crippen molar-refractivity contribution in [2.45, 2.75) is 12.8 Å². The Morgan fingerprint density at radius 3 is 2.52 bits per heavy atom. The zero-order valence-electron chi connectivity index (χ0n) is 15.8. The maximum Gasteiger partial charge on any atom is 0.416 e. The van der Waals surface area contributed by atoms with Crippen LogP contribution in [0.3, 0.4) is 0 Å². The number of hydrazone groups is 1. The van der Waals surface area contributed by atoms with Crippen LogP contribution >= 0.6 is 34.2 Å². The molecule has 0 atom stereocenters. The van der Waals surface area contributed by atoms with Gasteiger partial charge in [-0.15, -0.1) is 0 Å². The number of halogens is 5. The van der Waals surface area contributed by atoms with Crippen LogP contribution in [0.1, 0.15) is 27.0 Å². The highest BCUT2D eigenvalue weighted by atomic mass is 127. The average molecular weight is 559 g/mol. The molecule has 3 rings (SSSR count). The van der Waals surface area contributed by atoms with Crippen molar-refractivity contribution in [2.24, 2.45) is 5.10 Å². The Morgan fingerprint density at radius 1 is 1.10 bits per heavy atom. The summed E-state index contributed by atoms with van der Waals surface area (Å²) in [5.74, 6) is -0.0549. The molecule has 0 heterocycles. The highest BCUT2D eigenvalue weighted by molar-refractivity contribution is 14.1. The van der Waals surface area contributed by atoms with Gasteiger partial charge in [-0.25, -0.2) is 5.43 Å². The number of rotatable bonds is 6. The van der Waals surface area contributed by atoms with E-state index in [-0.39, 0.29) is 5.56 Å². The minimum atomic E-state index is -4.52. The van der Waals surface area contributed by atoms with Crippen molar-refractivity contribution >= 4 is 46.3 Å². The largest absolute Gasteiger partial charge is 0.488 e. The molecule has 0 saturated heterocycles. The van der Waals surface area contributed by atoms with Crippen molar-refractivity contribution in [2.75, 3.05) is 0 Å². The van der Waals surface area contributed by atoms with Crippen molar-refractivity contribution in [1.29, 1.82) is 0 Å². The summed E-state index contributed by atoms with van der Waals surface area (Å²) in [6.45, 7) is 0.383. The van der Waals surface area contributed by atoms with Crippen LogP contribution in [0.4, 0.5) is 13.2 Å². The van der Waals surface area contributed by atoms with Crippen LogP contribution in [0.2, 0.25) is 5.02 Å². The fraction of sp³-hybridized carbons (Fsp3) is 0.0909. The fourth-order valence-electron chi connectivity index (χ4n) is 2.52. The molecule has 3 aromatic carbocycles. The Balaban J connectivity index is 1.59. The average Bonchev–Trinajstić information content (AvgIpc) is 2.74. The number of alkyl halides is 3. The molecule has 31 heavy (non-hydrogen) atoms. The van der Waals surface area contributed by atoms with Crippen LogP contribution in [0.5, 0.6) is 5.75 Å². The van der Waals surface area contributed by atoms with Crippen LogP contribution in [0.15, 0.2) is 71.8 Å². The Hall–Kier alpha value is -2.59. The lowest BCUT2D eigenvalue weighted by Gasteiger charge is -2.09. The van der Waals surface area contributed by atoms with E-state index in [0.29, 0.717) is 22.9 Å². The van der Waals surface area contributed by atoms with Crippen LogP contribution < -0.4 is 10.2 Å². The zero-order chi connectivity index (χ0) is 22.4. The smallest absolute Gasteiger partial charge is 0.416 e. The molecule has 0 fully saturated rings. The van der Waals surface area contributed by atoms with Gasteiger partial charge < -0.3 is 4.74 Å². The topological polar surface area (TPSA) is 50.7 Å². The van der Waals surface area contributed by atoms with E-state index < -0.39 is 17.6 Å². The van der Waals surface area contributed by atoms with E-state index in [1.165, 1.54) is 18.3 Å². The molecule has 0 aliphatic rings. The van der Waals surface area contributed by atoms with Gasteiger partial charge in [0.05, 0.1) is 15.3 Å². The Labute approximate surface area is 195 Å². The van der Waals surface area contributed by atoms with Crippen molar-refractivity contribution < 1.29 is 22.7 Å². The number of nitrogens with one attached hydrogen (secondary N) is 1. The number of carbonyl (C=O) groups is 1. The fourth-order valence-corrected chi connectivity index (χ4v) is 3.34. The van der Waals surface area contributed by atoms with Gasteiger partial charge >= 0.3 is 6.18 Å². The summed E-state index contributed by atoms with van der Waals surface area (Å²) in [4.78, 5) is 12.1. The molecule has 0 spiro atoms. The highest BCUT2D eigenvalue weighted by Crippen LogP contribution is 2.29. The van der Waals surface area contributed by atoms with E-state index in [2.05, 4.69) is 33.1 Å². The van der Waals surface area contributed by atoms with Gasteiger partial charge in [0.25, 0.3) is 5.91 Å². The molecule has 9 heteroatoms. The van der Waals surface area contributed by atoms with Gasteiger partial charge in [0.15, 0.2) is 0 Å².